The van der Waals surface area contributed by atoms with Crippen LogP contribution in [0.4, 0.5) is 4.39 Å². The second kappa shape index (κ2) is 10.3. The minimum atomic E-state index is -3.86. The molecule has 3 aromatic rings. The second-order valence-corrected chi connectivity index (χ2v) is 10.3. The highest BCUT2D eigenvalue weighted by Gasteiger charge is 2.21. The summed E-state index contributed by atoms with van der Waals surface area (Å²) in [5, 5.41) is 16.2. The molecule has 0 bridgehead atoms. The Morgan fingerprint density at radius 3 is 2.53 bits per heavy atom. The molecule has 0 amide bonds. The zero-order chi connectivity index (χ0) is 23.5. The molecule has 0 aliphatic heterocycles. The summed E-state index contributed by atoms with van der Waals surface area (Å²) in [4.78, 5) is 4.39. The van der Waals surface area contributed by atoms with Crippen molar-refractivity contribution < 1.29 is 22.4 Å². The molecule has 0 atom stereocenters. The van der Waals surface area contributed by atoms with E-state index in [-0.39, 0.29) is 25.2 Å². The number of thiocarbonyl (C=S) groups is 1. The van der Waals surface area contributed by atoms with Crippen LogP contribution in [0, 0.1) is 5.82 Å². The van der Waals surface area contributed by atoms with Gasteiger partial charge >= 0.3 is 0 Å². The van der Waals surface area contributed by atoms with Gasteiger partial charge in [-0.2, -0.15) is 0 Å². The summed E-state index contributed by atoms with van der Waals surface area (Å²) in [6, 6.07) is 9.82. The van der Waals surface area contributed by atoms with E-state index in [0.717, 1.165) is 29.7 Å². The number of oxazole rings is 1. The SMILES string of the molecule is CCCCN(O)C(=S)Sc1nc(-c2ccc(F)c(Cl)c2)c(-c2ccc(S(N)(=O)=O)cc2)o1. The number of hydrogen-bond donors (Lipinski definition) is 2. The van der Waals surface area contributed by atoms with Gasteiger partial charge in [0.15, 0.2) is 10.1 Å². The van der Waals surface area contributed by atoms with Crippen molar-refractivity contribution in [3.63, 3.8) is 0 Å². The van der Waals surface area contributed by atoms with Gasteiger partial charge in [-0.25, -0.2) is 28.0 Å². The zero-order valence-electron chi connectivity index (χ0n) is 16.8. The highest BCUT2D eigenvalue weighted by molar-refractivity contribution is 8.22. The van der Waals surface area contributed by atoms with E-state index in [1.807, 2.05) is 6.92 Å². The van der Waals surface area contributed by atoms with E-state index in [1.54, 1.807) is 0 Å². The predicted octanol–water partition coefficient (Wildman–Crippen LogP) is 5.32. The normalized spacial score (nSPS) is 11.5. The third kappa shape index (κ3) is 5.85. The van der Waals surface area contributed by atoms with E-state index >= 15 is 0 Å². The van der Waals surface area contributed by atoms with Gasteiger partial charge in [0.1, 0.15) is 11.5 Å². The Hall–Kier alpha value is -2.02. The van der Waals surface area contributed by atoms with Gasteiger partial charge in [0, 0.05) is 29.4 Å². The maximum Gasteiger partial charge on any atom is 0.264 e. The van der Waals surface area contributed by atoms with Crippen LogP contribution in [0.3, 0.4) is 0 Å². The van der Waals surface area contributed by atoms with Gasteiger partial charge < -0.3 is 4.42 Å². The van der Waals surface area contributed by atoms with Crippen LogP contribution in [0.25, 0.3) is 22.6 Å². The molecule has 3 rings (SSSR count). The number of primary sulfonamides is 1. The lowest BCUT2D eigenvalue weighted by atomic mass is 10.1. The minimum absolute atomic E-state index is 0.0604. The third-order valence-electron chi connectivity index (χ3n) is 4.35. The predicted molar refractivity (Wildman–Crippen MR) is 126 cm³/mol. The van der Waals surface area contributed by atoms with Crippen LogP contribution in [0.1, 0.15) is 19.8 Å². The van der Waals surface area contributed by atoms with E-state index in [1.165, 1.54) is 42.5 Å². The summed E-state index contributed by atoms with van der Waals surface area (Å²) < 4.78 is 42.8. The number of aromatic nitrogens is 1. The molecule has 0 saturated heterocycles. The fourth-order valence-electron chi connectivity index (χ4n) is 2.70. The van der Waals surface area contributed by atoms with Crippen molar-refractivity contribution >= 4 is 49.9 Å². The van der Waals surface area contributed by atoms with Gasteiger partial charge in [0.05, 0.1) is 9.92 Å². The van der Waals surface area contributed by atoms with Crippen molar-refractivity contribution in [3.05, 3.63) is 53.3 Å². The van der Waals surface area contributed by atoms with E-state index in [0.29, 0.717) is 23.4 Å². The molecular formula is C20H19ClFN3O4S3. The van der Waals surface area contributed by atoms with Crippen LogP contribution in [0.5, 0.6) is 0 Å². The Labute approximate surface area is 199 Å². The molecule has 170 valence electrons. The van der Waals surface area contributed by atoms with Crippen molar-refractivity contribution in [2.45, 2.75) is 29.9 Å². The molecule has 1 aromatic heterocycles. The first-order valence-corrected chi connectivity index (χ1v) is 12.5. The molecule has 2 aromatic carbocycles. The standard InChI is InChI=1S/C20H19ClFN3O4S3/c1-2-3-10-25(26)20(30)31-19-24-17(13-6-9-16(22)15(21)11-13)18(29-19)12-4-7-14(8-5-12)32(23,27)28/h4-9,11,26H,2-3,10H2,1H3,(H2,23,27,28). The highest BCUT2D eigenvalue weighted by Crippen LogP contribution is 2.37. The Kier molecular flexibility index (Phi) is 7.91. The first-order valence-electron chi connectivity index (χ1n) is 9.38. The Morgan fingerprint density at radius 1 is 1.28 bits per heavy atom. The number of unbranched alkanes of at least 4 members (excludes halogenated alkanes) is 1. The van der Waals surface area contributed by atoms with E-state index in [9.17, 15) is 18.0 Å². The molecular weight excluding hydrogens is 497 g/mol. The minimum Gasteiger partial charge on any atom is -0.430 e. The molecule has 32 heavy (non-hydrogen) atoms. The van der Waals surface area contributed by atoms with Gasteiger partial charge in [0.2, 0.25) is 10.0 Å². The number of nitrogens with two attached hydrogens (primary N) is 1. The molecule has 7 nitrogen and oxygen atoms in total. The molecule has 0 radical (unpaired) electrons. The van der Waals surface area contributed by atoms with Crippen molar-refractivity contribution in [3.8, 4) is 22.6 Å². The lowest BCUT2D eigenvalue weighted by molar-refractivity contribution is -0.00878. The number of benzene rings is 2. The van der Waals surface area contributed by atoms with E-state index in [2.05, 4.69) is 4.98 Å². The van der Waals surface area contributed by atoms with Gasteiger partial charge in [-0.3, -0.25) is 5.21 Å². The Balaban J connectivity index is 2.02. The average molecular weight is 516 g/mol. The molecule has 3 N–H and O–H groups in total. The highest BCUT2D eigenvalue weighted by atomic mass is 35.5. The van der Waals surface area contributed by atoms with Crippen molar-refractivity contribution in [2.24, 2.45) is 5.14 Å². The smallest absolute Gasteiger partial charge is 0.264 e. The van der Waals surface area contributed by atoms with Crippen LogP contribution < -0.4 is 5.14 Å². The van der Waals surface area contributed by atoms with Crippen molar-refractivity contribution in [1.82, 2.24) is 10.0 Å². The molecule has 1 heterocycles. The van der Waals surface area contributed by atoms with E-state index < -0.39 is 15.8 Å². The van der Waals surface area contributed by atoms with Crippen molar-refractivity contribution in [2.75, 3.05) is 6.54 Å². The Bertz CT molecular complexity index is 1230. The summed E-state index contributed by atoms with van der Waals surface area (Å²) in [7, 11) is -3.86. The number of sulfonamides is 1. The first kappa shape index (κ1) is 24.6. The molecule has 0 fully saturated rings. The summed E-state index contributed by atoms with van der Waals surface area (Å²) >= 11 is 12.1. The van der Waals surface area contributed by atoms with Crippen LogP contribution >= 0.6 is 35.6 Å². The lowest BCUT2D eigenvalue weighted by Crippen LogP contribution is -2.24. The summed E-state index contributed by atoms with van der Waals surface area (Å²) in [5.41, 5.74) is 1.33. The van der Waals surface area contributed by atoms with Crippen LogP contribution in [0.15, 0.2) is 57.0 Å². The summed E-state index contributed by atoms with van der Waals surface area (Å²) in [6.45, 7) is 2.36. The fraction of sp³-hybridized carbons (Fsp3) is 0.200. The molecule has 0 saturated carbocycles. The van der Waals surface area contributed by atoms with Crippen LogP contribution in [-0.4, -0.2) is 34.5 Å². The summed E-state index contributed by atoms with van der Waals surface area (Å²) in [6.07, 6.45) is 1.64. The van der Waals surface area contributed by atoms with E-state index in [4.69, 9.17) is 33.4 Å². The second-order valence-electron chi connectivity index (χ2n) is 6.70. The topological polar surface area (TPSA) is 110 Å². The van der Waals surface area contributed by atoms with Crippen LogP contribution in [0.2, 0.25) is 5.02 Å². The zero-order valence-corrected chi connectivity index (χ0v) is 20.0. The number of nitrogens with zero attached hydrogens (tertiary/aromatic N) is 2. The maximum absolute atomic E-state index is 13.7. The Morgan fingerprint density at radius 2 is 1.94 bits per heavy atom. The van der Waals surface area contributed by atoms with Gasteiger partial charge in [-0.05, 0) is 61.1 Å². The van der Waals surface area contributed by atoms with Crippen molar-refractivity contribution in [1.29, 1.82) is 0 Å². The average Bonchev–Trinajstić information content (AvgIpc) is 3.17. The summed E-state index contributed by atoms with van der Waals surface area (Å²) in [5.74, 6) is -0.294. The molecule has 0 unspecified atom stereocenters. The van der Waals surface area contributed by atoms with Gasteiger partial charge in [-0.1, -0.05) is 24.9 Å². The molecule has 0 aliphatic rings. The molecule has 0 aliphatic carbocycles. The number of hydrogen-bond acceptors (Lipinski definition) is 7. The van der Waals surface area contributed by atoms with Gasteiger partial charge in [0.25, 0.3) is 5.22 Å². The number of halogens is 2. The fourth-order valence-corrected chi connectivity index (χ4v) is 4.31. The number of hydroxylamine groups is 2. The lowest BCUT2D eigenvalue weighted by Gasteiger charge is -2.14. The molecule has 12 heteroatoms. The first-order chi connectivity index (χ1) is 15.1. The quantitative estimate of drug-likeness (QED) is 0.247. The molecule has 0 spiro atoms. The number of rotatable bonds is 7. The largest absolute Gasteiger partial charge is 0.430 e. The third-order valence-corrected chi connectivity index (χ3v) is 6.77. The monoisotopic (exact) mass is 515 g/mol. The maximum atomic E-state index is 13.7. The van der Waals surface area contributed by atoms with Crippen LogP contribution in [-0.2, 0) is 10.0 Å². The van der Waals surface area contributed by atoms with Gasteiger partial charge in [-0.15, -0.1) is 0 Å². The number of thioether (sulfide) groups is 1.